The van der Waals surface area contributed by atoms with Gasteiger partial charge in [-0.15, -0.1) is 0 Å². The van der Waals surface area contributed by atoms with Crippen LogP contribution in [0.5, 0.6) is 5.75 Å². The second-order valence-electron chi connectivity index (χ2n) is 8.59. The normalized spacial score (nSPS) is 12.2. The fourth-order valence-corrected chi connectivity index (χ4v) is 4.58. The molecule has 0 amide bonds. The highest BCUT2D eigenvalue weighted by Crippen LogP contribution is 2.29. The summed E-state index contributed by atoms with van der Waals surface area (Å²) in [6.45, 7) is 7.12. The summed E-state index contributed by atoms with van der Waals surface area (Å²) < 4.78 is 9.72. The zero-order valence-electron chi connectivity index (χ0n) is 19.3. The van der Waals surface area contributed by atoms with Gasteiger partial charge >= 0.3 is 0 Å². The van der Waals surface area contributed by atoms with Gasteiger partial charge in [-0.2, -0.15) is 14.7 Å². The monoisotopic (exact) mass is 471 g/mol. The summed E-state index contributed by atoms with van der Waals surface area (Å²) in [7, 11) is 0. The van der Waals surface area contributed by atoms with Crippen LogP contribution in [0.2, 0.25) is 0 Å². The van der Waals surface area contributed by atoms with Gasteiger partial charge in [0.1, 0.15) is 17.8 Å². The molecule has 0 N–H and O–H groups in total. The van der Waals surface area contributed by atoms with E-state index >= 15 is 0 Å². The van der Waals surface area contributed by atoms with Crippen molar-refractivity contribution in [2.24, 2.45) is 5.92 Å². The van der Waals surface area contributed by atoms with Crippen molar-refractivity contribution in [3.63, 3.8) is 0 Å². The smallest absolute Gasteiger partial charge is 0.291 e. The Hall–Kier alpha value is -3.78. The Bertz CT molecular complexity index is 1550. The van der Waals surface area contributed by atoms with Crippen molar-refractivity contribution in [1.82, 2.24) is 24.4 Å². The van der Waals surface area contributed by atoms with Crippen LogP contribution in [0.3, 0.4) is 0 Å². The number of aryl methyl sites for hydroxylation is 1. The summed E-state index contributed by atoms with van der Waals surface area (Å²) >= 11 is 1.32. The van der Waals surface area contributed by atoms with Crippen molar-refractivity contribution in [3.05, 3.63) is 87.1 Å². The SMILES string of the molecule is Cc1cc(-c2nn(-c3ccccc3)cc2C=c2sc3ncnn3c2=O)ccc1OCCC(C)C. The molecule has 0 aliphatic heterocycles. The van der Waals surface area contributed by atoms with Crippen molar-refractivity contribution < 1.29 is 4.74 Å². The van der Waals surface area contributed by atoms with Gasteiger partial charge < -0.3 is 4.74 Å². The van der Waals surface area contributed by atoms with Crippen LogP contribution in [0.25, 0.3) is 28.0 Å². The molecular formula is C26H25N5O2S. The molecule has 34 heavy (non-hydrogen) atoms. The van der Waals surface area contributed by atoms with Crippen LogP contribution in [0.1, 0.15) is 31.4 Å². The van der Waals surface area contributed by atoms with Crippen LogP contribution in [-0.4, -0.2) is 31.0 Å². The molecule has 0 bridgehead atoms. The lowest BCUT2D eigenvalue weighted by Gasteiger charge is -2.11. The number of hydrogen-bond acceptors (Lipinski definition) is 6. The maximum Gasteiger partial charge on any atom is 0.291 e. The van der Waals surface area contributed by atoms with Crippen LogP contribution in [-0.2, 0) is 0 Å². The Labute approximate surface area is 201 Å². The molecule has 5 rings (SSSR count). The predicted molar refractivity (Wildman–Crippen MR) is 135 cm³/mol. The van der Waals surface area contributed by atoms with Gasteiger partial charge in [-0.25, -0.2) is 9.67 Å². The van der Waals surface area contributed by atoms with E-state index in [0.29, 0.717) is 22.0 Å². The van der Waals surface area contributed by atoms with Gasteiger partial charge in [0.25, 0.3) is 5.56 Å². The molecule has 3 heterocycles. The topological polar surface area (TPSA) is 74.3 Å². The van der Waals surface area contributed by atoms with Crippen LogP contribution >= 0.6 is 11.3 Å². The quantitative estimate of drug-likeness (QED) is 0.354. The minimum absolute atomic E-state index is 0.180. The Kier molecular flexibility index (Phi) is 5.98. The molecule has 7 nitrogen and oxygen atoms in total. The number of aromatic nitrogens is 5. The molecule has 2 aromatic carbocycles. The third kappa shape index (κ3) is 4.36. The molecule has 0 unspecified atom stereocenters. The van der Waals surface area contributed by atoms with E-state index in [-0.39, 0.29) is 5.56 Å². The first-order valence-corrected chi connectivity index (χ1v) is 12.0. The third-order valence-corrected chi connectivity index (χ3v) is 6.55. The molecule has 0 saturated carbocycles. The number of para-hydroxylation sites is 1. The van der Waals surface area contributed by atoms with Crippen LogP contribution in [0.15, 0.2) is 65.8 Å². The zero-order valence-corrected chi connectivity index (χ0v) is 20.1. The maximum atomic E-state index is 12.8. The molecule has 0 fully saturated rings. The van der Waals surface area contributed by atoms with E-state index in [1.807, 2.05) is 66.3 Å². The molecule has 0 radical (unpaired) electrons. The number of thiazole rings is 1. The van der Waals surface area contributed by atoms with E-state index in [9.17, 15) is 4.79 Å². The fourth-order valence-electron chi connectivity index (χ4n) is 3.71. The molecule has 172 valence electrons. The van der Waals surface area contributed by atoms with Crippen molar-refractivity contribution in [2.75, 3.05) is 6.61 Å². The fraction of sp³-hybridized carbons (Fsp3) is 0.231. The summed E-state index contributed by atoms with van der Waals surface area (Å²) in [5.74, 6) is 1.48. The minimum atomic E-state index is -0.180. The molecular weight excluding hydrogens is 446 g/mol. The third-order valence-electron chi connectivity index (χ3n) is 5.57. The van der Waals surface area contributed by atoms with Gasteiger partial charge in [-0.1, -0.05) is 43.4 Å². The average molecular weight is 472 g/mol. The van der Waals surface area contributed by atoms with Gasteiger partial charge in [0, 0.05) is 17.3 Å². The summed E-state index contributed by atoms with van der Waals surface area (Å²) in [6.07, 6.45) is 6.22. The standard InChI is InChI=1S/C26H25N5O2S/c1-17(2)11-12-33-22-10-9-19(13-18(22)3)24-20(15-30(29-24)21-7-5-4-6-8-21)14-23-25(32)31-26(34-23)27-16-28-31/h4-10,13-17H,11-12H2,1-3H3. The molecule has 3 aromatic heterocycles. The molecule has 0 atom stereocenters. The highest BCUT2D eigenvalue weighted by atomic mass is 32.1. The lowest BCUT2D eigenvalue weighted by atomic mass is 10.0. The first-order valence-electron chi connectivity index (χ1n) is 11.2. The summed E-state index contributed by atoms with van der Waals surface area (Å²) in [6, 6.07) is 16.0. The van der Waals surface area contributed by atoms with Crippen molar-refractivity contribution in [3.8, 4) is 22.7 Å². The lowest BCUT2D eigenvalue weighted by Crippen LogP contribution is -2.23. The number of benzene rings is 2. The van der Waals surface area contributed by atoms with Crippen molar-refractivity contribution in [2.45, 2.75) is 27.2 Å². The predicted octanol–water partition coefficient (Wildman–Crippen LogP) is 4.28. The summed E-state index contributed by atoms with van der Waals surface area (Å²) in [4.78, 5) is 17.5. The van der Waals surface area contributed by atoms with Gasteiger partial charge in [-0.05, 0) is 61.2 Å². The zero-order chi connectivity index (χ0) is 23.7. The van der Waals surface area contributed by atoms with E-state index < -0.39 is 0 Å². The number of ether oxygens (including phenoxy) is 1. The first kappa shape index (κ1) is 22.0. The molecule has 0 aliphatic rings. The number of hydrogen-bond donors (Lipinski definition) is 0. The molecule has 5 aromatic rings. The average Bonchev–Trinajstić information content (AvgIpc) is 3.53. The van der Waals surface area contributed by atoms with Crippen molar-refractivity contribution in [1.29, 1.82) is 0 Å². The van der Waals surface area contributed by atoms with Gasteiger partial charge in [0.05, 0.1) is 16.8 Å². The Balaban J connectivity index is 1.58. The first-order chi connectivity index (χ1) is 16.5. The second-order valence-corrected chi connectivity index (χ2v) is 9.60. The van der Waals surface area contributed by atoms with E-state index in [2.05, 4.69) is 30.0 Å². The second kappa shape index (κ2) is 9.23. The highest BCUT2D eigenvalue weighted by Gasteiger charge is 2.14. The molecule has 0 spiro atoms. The summed E-state index contributed by atoms with van der Waals surface area (Å²) in [5, 5.41) is 8.90. The van der Waals surface area contributed by atoms with Crippen LogP contribution in [0, 0.1) is 12.8 Å². The Morgan fingerprint density at radius 2 is 1.97 bits per heavy atom. The van der Waals surface area contributed by atoms with E-state index in [1.54, 1.807) is 0 Å². The molecule has 0 saturated heterocycles. The lowest BCUT2D eigenvalue weighted by molar-refractivity contribution is 0.288. The largest absolute Gasteiger partial charge is 0.493 e. The molecule has 8 heteroatoms. The number of rotatable bonds is 7. The molecule has 0 aliphatic carbocycles. The highest BCUT2D eigenvalue weighted by molar-refractivity contribution is 7.15. The van der Waals surface area contributed by atoms with Gasteiger partial charge in [0.15, 0.2) is 0 Å². The van der Waals surface area contributed by atoms with E-state index in [1.165, 1.54) is 22.2 Å². The van der Waals surface area contributed by atoms with E-state index in [0.717, 1.165) is 40.2 Å². The maximum absolute atomic E-state index is 12.8. The number of fused-ring (bicyclic) bond motifs is 1. The number of nitrogens with zero attached hydrogens (tertiary/aromatic N) is 5. The Morgan fingerprint density at radius 3 is 2.71 bits per heavy atom. The van der Waals surface area contributed by atoms with Crippen LogP contribution in [0.4, 0.5) is 0 Å². The minimum Gasteiger partial charge on any atom is -0.493 e. The van der Waals surface area contributed by atoms with Gasteiger partial charge in [-0.3, -0.25) is 4.79 Å². The summed E-state index contributed by atoms with van der Waals surface area (Å²) in [5.41, 5.74) is 4.41. The van der Waals surface area contributed by atoms with E-state index in [4.69, 9.17) is 9.84 Å². The van der Waals surface area contributed by atoms with Crippen LogP contribution < -0.4 is 14.8 Å². The Morgan fingerprint density at radius 1 is 1.15 bits per heavy atom. The van der Waals surface area contributed by atoms with Gasteiger partial charge in [0.2, 0.25) is 4.96 Å². The van der Waals surface area contributed by atoms with Crippen molar-refractivity contribution >= 4 is 22.4 Å².